The van der Waals surface area contributed by atoms with E-state index in [0.29, 0.717) is 17.4 Å². The molecular formula is C24H24F3N. The Labute approximate surface area is 164 Å². The first-order valence-corrected chi connectivity index (χ1v) is 9.83. The third kappa shape index (κ3) is 4.65. The Morgan fingerprint density at radius 1 is 1.00 bits per heavy atom. The number of hydrogen-bond donors (Lipinski definition) is 0. The number of nitrogens with zero attached hydrogens (tertiary/aromatic N) is 1. The van der Waals surface area contributed by atoms with Crippen LogP contribution in [0, 0.1) is 28.9 Å². The smallest absolute Gasteiger partial charge is 0.144 e. The average Bonchev–Trinajstić information content (AvgIpc) is 2.71. The highest BCUT2D eigenvalue weighted by atomic mass is 19.1. The van der Waals surface area contributed by atoms with E-state index in [1.807, 2.05) is 30.3 Å². The van der Waals surface area contributed by atoms with Crippen LogP contribution in [0.2, 0.25) is 0 Å². The zero-order valence-electron chi connectivity index (χ0n) is 15.8. The van der Waals surface area contributed by atoms with Crippen molar-refractivity contribution >= 4 is 0 Å². The van der Waals surface area contributed by atoms with E-state index in [2.05, 4.69) is 0 Å². The first-order chi connectivity index (χ1) is 13.6. The molecule has 3 rings (SSSR count). The van der Waals surface area contributed by atoms with E-state index >= 15 is 0 Å². The predicted octanol–water partition coefficient (Wildman–Crippen LogP) is 7.08. The van der Waals surface area contributed by atoms with E-state index in [4.69, 9.17) is 5.26 Å². The number of halogens is 3. The molecule has 2 aromatic carbocycles. The van der Waals surface area contributed by atoms with E-state index in [-0.39, 0.29) is 0 Å². The maximum atomic E-state index is 14.1. The lowest BCUT2D eigenvalue weighted by molar-refractivity contribution is 0.312. The first-order valence-electron chi connectivity index (χ1n) is 9.83. The SMILES string of the molecule is N#Cc1c(F)cc(-c2ccccc2C2CCC(CCC=CCF)CC2)cc1F. The zero-order chi connectivity index (χ0) is 19.9. The quantitative estimate of drug-likeness (QED) is 0.489. The molecule has 1 fully saturated rings. The second-order valence-electron chi connectivity index (χ2n) is 7.43. The molecule has 1 aliphatic carbocycles. The van der Waals surface area contributed by atoms with Gasteiger partial charge in [-0.1, -0.05) is 36.4 Å². The van der Waals surface area contributed by atoms with Crippen LogP contribution in [-0.2, 0) is 0 Å². The van der Waals surface area contributed by atoms with Crippen molar-refractivity contribution in [3.05, 3.63) is 71.3 Å². The van der Waals surface area contributed by atoms with Crippen molar-refractivity contribution in [1.82, 2.24) is 0 Å². The van der Waals surface area contributed by atoms with Crippen LogP contribution < -0.4 is 0 Å². The fourth-order valence-electron chi connectivity index (χ4n) is 4.23. The molecule has 2 aromatic rings. The number of alkyl halides is 1. The normalized spacial score (nSPS) is 19.6. The molecule has 146 valence electrons. The number of allylic oxidation sites excluding steroid dienone is 2. The molecule has 28 heavy (non-hydrogen) atoms. The van der Waals surface area contributed by atoms with E-state index < -0.39 is 23.9 Å². The van der Waals surface area contributed by atoms with Crippen molar-refractivity contribution in [2.24, 2.45) is 5.92 Å². The Kier molecular flexibility index (Phi) is 6.92. The van der Waals surface area contributed by atoms with Gasteiger partial charge in [-0.15, -0.1) is 0 Å². The fraction of sp³-hybridized carbons (Fsp3) is 0.375. The summed E-state index contributed by atoms with van der Waals surface area (Å²) in [5.41, 5.74) is 1.88. The number of rotatable bonds is 6. The minimum atomic E-state index is -0.822. The summed E-state index contributed by atoms with van der Waals surface area (Å²) in [7, 11) is 0. The molecule has 0 amide bonds. The molecule has 1 aliphatic rings. The summed E-state index contributed by atoms with van der Waals surface area (Å²) in [4.78, 5) is 0. The third-order valence-corrected chi connectivity index (χ3v) is 5.71. The van der Waals surface area contributed by atoms with Crippen molar-refractivity contribution in [3.63, 3.8) is 0 Å². The highest BCUT2D eigenvalue weighted by Gasteiger charge is 2.24. The molecule has 0 saturated heterocycles. The van der Waals surface area contributed by atoms with Crippen LogP contribution in [0.25, 0.3) is 11.1 Å². The van der Waals surface area contributed by atoms with Crippen molar-refractivity contribution < 1.29 is 13.2 Å². The summed E-state index contributed by atoms with van der Waals surface area (Å²) >= 11 is 0. The Balaban J connectivity index is 1.76. The largest absolute Gasteiger partial charge is 0.247 e. The summed E-state index contributed by atoms with van der Waals surface area (Å²) < 4.78 is 40.3. The van der Waals surface area contributed by atoms with Crippen LogP contribution in [0.3, 0.4) is 0 Å². The molecule has 0 spiro atoms. The average molecular weight is 383 g/mol. The summed E-state index contributed by atoms with van der Waals surface area (Å²) in [6, 6.07) is 11.8. The molecule has 0 atom stereocenters. The van der Waals surface area contributed by atoms with Crippen LogP contribution in [0.5, 0.6) is 0 Å². The molecule has 0 heterocycles. The van der Waals surface area contributed by atoms with Gasteiger partial charge in [0.05, 0.1) is 0 Å². The van der Waals surface area contributed by atoms with Gasteiger partial charge in [-0.3, -0.25) is 0 Å². The third-order valence-electron chi connectivity index (χ3n) is 5.71. The van der Waals surface area contributed by atoms with Gasteiger partial charge in [0.25, 0.3) is 0 Å². The highest BCUT2D eigenvalue weighted by molar-refractivity contribution is 5.69. The van der Waals surface area contributed by atoms with Crippen LogP contribution in [-0.4, -0.2) is 6.67 Å². The number of benzene rings is 2. The Morgan fingerprint density at radius 3 is 2.32 bits per heavy atom. The second kappa shape index (κ2) is 9.59. The van der Waals surface area contributed by atoms with Gasteiger partial charge in [0, 0.05) is 0 Å². The van der Waals surface area contributed by atoms with Gasteiger partial charge in [0.15, 0.2) is 0 Å². The molecule has 1 saturated carbocycles. The van der Waals surface area contributed by atoms with Gasteiger partial charge in [-0.05, 0) is 79.2 Å². The van der Waals surface area contributed by atoms with Gasteiger partial charge in [0.2, 0.25) is 0 Å². The summed E-state index contributed by atoms with van der Waals surface area (Å²) in [6.07, 6.45) is 9.77. The van der Waals surface area contributed by atoms with Gasteiger partial charge in [-0.2, -0.15) is 5.26 Å². The van der Waals surface area contributed by atoms with Gasteiger partial charge >= 0.3 is 0 Å². The summed E-state index contributed by atoms with van der Waals surface area (Å²) in [6.45, 7) is -0.403. The van der Waals surface area contributed by atoms with Crippen LogP contribution in [0.4, 0.5) is 13.2 Å². The van der Waals surface area contributed by atoms with E-state index in [9.17, 15) is 13.2 Å². The van der Waals surface area contributed by atoms with Crippen LogP contribution >= 0.6 is 0 Å². The number of hydrogen-bond acceptors (Lipinski definition) is 1. The summed E-state index contributed by atoms with van der Waals surface area (Å²) in [5, 5.41) is 8.88. The topological polar surface area (TPSA) is 23.8 Å². The lowest BCUT2D eigenvalue weighted by atomic mass is 9.75. The minimum Gasteiger partial charge on any atom is -0.247 e. The zero-order valence-corrected chi connectivity index (χ0v) is 15.8. The standard InChI is InChI=1S/C24H24F3N/c25-13-5-1-2-6-17-9-11-18(12-10-17)20-7-3-4-8-21(20)19-14-23(26)22(16-28)24(27)15-19/h1,3-5,7-8,14-15,17-18H,2,6,9-13H2. The molecule has 0 bridgehead atoms. The predicted molar refractivity (Wildman–Crippen MR) is 106 cm³/mol. The highest BCUT2D eigenvalue weighted by Crippen LogP contribution is 2.41. The van der Waals surface area contributed by atoms with Crippen molar-refractivity contribution in [3.8, 4) is 17.2 Å². The molecule has 0 unspecified atom stereocenters. The van der Waals surface area contributed by atoms with Crippen molar-refractivity contribution in [1.29, 1.82) is 5.26 Å². The lowest BCUT2D eigenvalue weighted by Crippen LogP contribution is -2.14. The number of nitriles is 1. The molecule has 0 aromatic heterocycles. The van der Waals surface area contributed by atoms with Gasteiger partial charge in [-0.25, -0.2) is 13.2 Å². The summed E-state index contributed by atoms with van der Waals surface area (Å²) in [5.74, 6) is -0.636. The van der Waals surface area contributed by atoms with Gasteiger partial charge in [0.1, 0.15) is 29.9 Å². The van der Waals surface area contributed by atoms with Crippen molar-refractivity contribution in [2.45, 2.75) is 44.4 Å². The Hall–Kier alpha value is -2.54. The second-order valence-corrected chi connectivity index (χ2v) is 7.43. The fourth-order valence-corrected chi connectivity index (χ4v) is 4.23. The molecule has 4 heteroatoms. The maximum absolute atomic E-state index is 14.1. The monoisotopic (exact) mass is 383 g/mol. The maximum Gasteiger partial charge on any atom is 0.144 e. The van der Waals surface area contributed by atoms with E-state index in [1.165, 1.54) is 12.1 Å². The molecule has 1 nitrogen and oxygen atoms in total. The molecule has 0 N–H and O–H groups in total. The van der Waals surface area contributed by atoms with Gasteiger partial charge < -0.3 is 0 Å². The lowest BCUT2D eigenvalue weighted by Gasteiger charge is -2.30. The molecule has 0 aliphatic heterocycles. The molecule has 0 radical (unpaired) electrons. The van der Waals surface area contributed by atoms with Crippen LogP contribution in [0.15, 0.2) is 48.6 Å². The van der Waals surface area contributed by atoms with E-state index in [1.54, 1.807) is 12.1 Å². The van der Waals surface area contributed by atoms with E-state index in [0.717, 1.165) is 49.7 Å². The first kappa shape index (κ1) is 20.2. The van der Waals surface area contributed by atoms with Crippen LogP contribution in [0.1, 0.15) is 55.6 Å². The Morgan fingerprint density at radius 2 is 1.68 bits per heavy atom. The minimum absolute atomic E-state index is 0.357. The molecular weight excluding hydrogens is 359 g/mol. The Bertz CT molecular complexity index is 851. The van der Waals surface area contributed by atoms with Crippen molar-refractivity contribution in [2.75, 3.05) is 6.67 Å².